The lowest BCUT2D eigenvalue weighted by atomic mass is 10.2. The third-order valence-electron chi connectivity index (χ3n) is 2.43. The molecule has 0 aliphatic carbocycles. The van der Waals surface area contributed by atoms with Crippen LogP contribution in [0.5, 0.6) is 0 Å². The van der Waals surface area contributed by atoms with Crippen LogP contribution in [0.3, 0.4) is 0 Å². The van der Waals surface area contributed by atoms with Crippen LogP contribution in [0.2, 0.25) is 0 Å². The molecule has 0 atom stereocenters. The summed E-state index contributed by atoms with van der Waals surface area (Å²) in [6.07, 6.45) is 3.03. The summed E-state index contributed by atoms with van der Waals surface area (Å²) in [7, 11) is 0. The maximum Gasteiger partial charge on any atom is 0.120 e. The molecule has 21 heavy (non-hydrogen) atoms. The molecule has 0 saturated heterocycles. The van der Waals surface area contributed by atoms with Gasteiger partial charge in [0.15, 0.2) is 0 Å². The second-order valence-electron chi connectivity index (χ2n) is 3.79. The van der Waals surface area contributed by atoms with Crippen molar-refractivity contribution < 1.29 is 0 Å². The Morgan fingerprint density at radius 3 is 2.24 bits per heavy atom. The average Bonchev–Trinajstić information content (AvgIpc) is 3.01. The van der Waals surface area contributed by atoms with Crippen LogP contribution in [0.1, 0.15) is 54.3 Å². The van der Waals surface area contributed by atoms with Crippen LogP contribution in [0, 0.1) is 0 Å². The van der Waals surface area contributed by atoms with Crippen LogP contribution in [0.25, 0.3) is 11.3 Å². The summed E-state index contributed by atoms with van der Waals surface area (Å²) in [4.78, 5) is 7.66. The third-order valence-corrected chi connectivity index (χ3v) is 2.43. The molecule has 0 spiro atoms. The topological polar surface area (TPSA) is 40.7 Å². The molecule has 0 aliphatic heterocycles. The Kier molecular flexibility index (Phi) is 15.3. The SMILES string of the molecule is C.CC.CC.CCCNCc1ncc(-c2ccccc2)[nH]1. The van der Waals surface area contributed by atoms with Gasteiger partial charge in [-0.25, -0.2) is 4.98 Å². The standard InChI is InChI=1S/C13H17N3.2C2H6.CH4/c1-2-8-14-10-13-15-9-12(16-13)11-6-4-3-5-7-11;2*1-2;/h3-7,9,14H,2,8,10H2,1H3,(H,15,16);2*1-2H3;1H4. The van der Waals surface area contributed by atoms with Crippen LogP contribution in [-0.4, -0.2) is 16.5 Å². The van der Waals surface area contributed by atoms with Crippen molar-refractivity contribution in [2.75, 3.05) is 6.54 Å². The fourth-order valence-electron chi connectivity index (χ4n) is 1.60. The van der Waals surface area contributed by atoms with Gasteiger partial charge in [0, 0.05) is 0 Å². The Balaban J connectivity index is 0. The Morgan fingerprint density at radius 2 is 1.67 bits per heavy atom. The number of hydrogen-bond donors (Lipinski definition) is 2. The fourth-order valence-corrected chi connectivity index (χ4v) is 1.60. The van der Waals surface area contributed by atoms with E-state index in [4.69, 9.17) is 0 Å². The van der Waals surface area contributed by atoms with Crippen molar-refractivity contribution in [2.45, 2.75) is 55.0 Å². The first kappa shape index (κ1) is 21.7. The average molecular weight is 291 g/mol. The molecule has 3 nitrogen and oxygen atoms in total. The first-order chi connectivity index (χ1) is 9.90. The highest BCUT2D eigenvalue weighted by Gasteiger charge is 2.01. The fraction of sp³-hybridized carbons (Fsp3) is 0.500. The number of nitrogens with one attached hydrogen (secondary N) is 2. The van der Waals surface area contributed by atoms with Crippen LogP contribution in [0.4, 0.5) is 0 Å². The number of benzene rings is 1. The molecule has 2 rings (SSSR count). The van der Waals surface area contributed by atoms with Crippen molar-refractivity contribution in [3.8, 4) is 11.3 Å². The molecule has 2 aromatic rings. The lowest BCUT2D eigenvalue weighted by molar-refractivity contribution is 0.655. The van der Waals surface area contributed by atoms with E-state index in [1.54, 1.807) is 0 Å². The Labute approximate surface area is 131 Å². The van der Waals surface area contributed by atoms with Gasteiger partial charge in [0.25, 0.3) is 0 Å². The molecule has 1 aromatic carbocycles. The second-order valence-corrected chi connectivity index (χ2v) is 3.79. The van der Waals surface area contributed by atoms with Crippen molar-refractivity contribution in [3.05, 3.63) is 42.4 Å². The number of aromatic amines is 1. The first-order valence-corrected chi connectivity index (χ1v) is 7.70. The summed E-state index contributed by atoms with van der Waals surface area (Å²) >= 11 is 0. The van der Waals surface area contributed by atoms with Crippen LogP contribution < -0.4 is 5.32 Å². The summed E-state index contributed by atoms with van der Waals surface area (Å²) in [6, 6.07) is 10.2. The number of rotatable bonds is 5. The molecule has 0 aliphatic rings. The van der Waals surface area contributed by atoms with Gasteiger partial charge in [0.1, 0.15) is 5.82 Å². The number of H-pyrrole nitrogens is 1. The van der Waals surface area contributed by atoms with Crippen molar-refractivity contribution in [2.24, 2.45) is 0 Å². The summed E-state index contributed by atoms with van der Waals surface area (Å²) in [5.74, 6) is 0.993. The van der Waals surface area contributed by atoms with E-state index < -0.39 is 0 Å². The Hall–Kier alpha value is -1.61. The zero-order valence-electron chi connectivity index (χ0n) is 13.5. The van der Waals surface area contributed by atoms with Crippen molar-refractivity contribution in [3.63, 3.8) is 0 Å². The largest absolute Gasteiger partial charge is 0.341 e. The highest BCUT2D eigenvalue weighted by molar-refractivity contribution is 5.57. The van der Waals surface area contributed by atoms with Gasteiger partial charge in [0.05, 0.1) is 18.4 Å². The monoisotopic (exact) mass is 291 g/mol. The van der Waals surface area contributed by atoms with E-state index in [-0.39, 0.29) is 7.43 Å². The molecular weight excluding hydrogens is 258 g/mol. The smallest absolute Gasteiger partial charge is 0.120 e. The van der Waals surface area contributed by atoms with E-state index in [9.17, 15) is 0 Å². The van der Waals surface area contributed by atoms with E-state index in [0.29, 0.717) is 0 Å². The van der Waals surface area contributed by atoms with Gasteiger partial charge in [-0.2, -0.15) is 0 Å². The van der Waals surface area contributed by atoms with E-state index in [0.717, 1.165) is 31.0 Å². The molecule has 120 valence electrons. The maximum atomic E-state index is 4.35. The summed E-state index contributed by atoms with van der Waals surface area (Å²) in [6.45, 7) is 12.0. The van der Waals surface area contributed by atoms with E-state index in [2.05, 4.69) is 34.3 Å². The van der Waals surface area contributed by atoms with Gasteiger partial charge in [-0.05, 0) is 18.5 Å². The third kappa shape index (κ3) is 8.30. The van der Waals surface area contributed by atoms with E-state index in [1.165, 1.54) is 5.56 Å². The molecule has 0 unspecified atom stereocenters. The Bertz CT molecular complexity index is 421. The normalized spacial score (nSPS) is 8.62. The molecule has 0 amide bonds. The molecule has 1 aromatic heterocycles. The molecule has 0 saturated carbocycles. The molecule has 3 heteroatoms. The number of aromatic nitrogens is 2. The predicted octanol–water partition coefficient (Wildman–Crippen LogP) is 5.26. The van der Waals surface area contributed by atoms with Gasteiger partial charge < -0.3 is 10.3 Å². The minimum absolute atomic E-state index is 0. The van der Waals surface area contributed by atoms with Crippen molar-refractivity contribution >= 4 is 0 Å². The van der Waals surface area contributed by atoms with E-state index in [1.807, 2.05) is 52.1 Å². The minimum Gasteiger partial charge on any atom is -0.341 e. The molecule has 0 fully saturated rings. The summed E-state index contributed by atoms with van der Waals surface area (Å²) in [5, 5.41) is 3.32. The lowest BCUT2D eigenvalue weighted by Crippen LogP contribution is -2.14. The molecule has 2 N–H and O–H groups in total. The van der Waals surface area contributed by atoms with Gasteiger partial charge in [0.2, 0.25) is 0 Å². The minimum atomic E-state index is 0. The lowest BCUT2D eigenvalue weighted by Gasteiger charge is -1.99. The highest BCUT2D eigenvalue weighted by Crippen LogP contribution is 2.15. The number of nitrogens with zero attached hydrogens (tertiary/aromatic N) is 1. The second kappa shape index (κ2) is 14.8. The molecule has 0 bridgehead atoms. The maximum absolute atomic E-state index is 4.35. The number of hydrogen-bond acceptors (Lipinski definition) is 2. The van der Waals surface area contributed by atoms with Crippen molar-refractivity contribution in [1.29, 1.82) is 0 Å². The first-order valence-electron chi connectivity index (χ1n) is 7.70. The zero-order chi connectivity index (χ0) is 15.2. The molecule has 1 heterocycles. The van der Waals surface area contributed by atoms with Gasteiger partial charge in [-0.15, -0.1) is 0 Å². The van der Waals surface area contributed by atoms with Gasteiger partial charge in [-0.1, -0.05) is 72.4 Å². The van der Waals surface area contributed by atoms with Gasteiger partial charge >= 0.3 is 0 Å². The molecule has 0 radical (unpaired) electrons. The predicted molar refractivity (Wildman–Crippen MR) is 95.4 cm³/mol. The van der Waals surface area contributed by atoms with Crippen molar-refractivity contribution in [1.82, 2.24) is 15.3 Å². The zero-order valence-corrected chi connectivity index (χ0v) is 13.5. The quantitative estimate of drug-likeness (QED) is 0.737. The number of imidazole rings is 1. The van der Waals surface area contributed by atoms with Crippen LogP contribution >= 0.6 is 0 Å². The van der Waals surface area contributed by atoms with Crippen LogP contribution in [-0.2, 0) is 6.54 Å². The summed E-state index contributed by atoms with van der Waals surface area (Å²) < 4.78 is 0. The Morgan fingerprint density at radius 1 is 1.05 bits per heavy atom. The van der Waals surface area contributed by atoms with Gasteiger partial charge in [-0.3, -0.25) is 0 Å². The molecular formula is C18H33N3. The summed E-state index contributed by atoms with van der Waals surface area (Å²) in [5.41, 5.74) is 2.26. The highest BCUT2D eigenvalue weighted by atomic mass is 15.0. The van der Waals surface area contributed by atoms with E-state index >= 15 is 0 Å². The van der Waals surface area contributed by atoms with Crippen LogP contribution in [0.15, 0.2) is 36.5 Å².